The first kappa shape index (κ1) is 16.6. The summed E-state index contributed by atoms with van der Waals surface area (Å²) >= 11 is 1.66. The fourth-order valence-corrected chi connectivity index (χ4v) is 2.67. The molecular formula is C14H26N2O2S. The fraction of sp³-hybridized carbons (Fsp3) is 0.786. The van der Waals surface area contributed by atoms with E-state index in [1.807, 2.05) is 20.8 Å². The van der Waals surface area contributed by atoms with Gasteiger partial charge in [-0.3, -0.25) is 0 Å². The predicted molar refractivity (Wildman–Crippen MR) is 79.6 cm³/mol. The van der Waals surface area contributed by atoms with E-state index in [2.05, 4.69) is 29.5 Å². The number of hydrogen-bond donors (Lipinski definition) is 2. The molecule has 110 valence electrons. The monoisotopic (exact) mass is 286 g/mol. The molecule has 0 saturated heterocycles. The van der Waals surface area contributed by atoms with Gasteiger partial charge in [-0.05, 0) is 34.1 Å². The molecule has 0 spiro atoms. The SMILES string of the molecule is CCC(C)(NCC(O)COC(C)C)c1nc(C)cs1. The molecule has 0 radical (unpaired) electrons. The first-order chi connectivity index (χ1) is 8.87. The van der Waals surface area contributed by atoms with E-state index in [1.165, 1.54) is 0 Å². The largest absolute Gasteiger partial charge is 0.389 e. The van der Waals surface area contributed by atoms with Gasteiger partial charge in [0.1, 0.15) is 5.01 Å². The van der Waals surface area contributed by atoms with Crippen LogP contribution in [0.4, 0.5) is 0 Å². The molecule has 0 amide bonds. The Morgan fingerprint density at radius 2 is 2.21 bits per heavy atom. The number of ether oxygens (including phenoxy) is 1. The highest BCUT2D eigenvalue weighted by Gasteiger charge is 2.27. The second-order valence-corrected chi connectivity index (χ2v) is 6.25. The second-order valence-electron chi connectivity index (χ2n) is 5.40. The van der Waals surface area contributed by atoms with E-state index in [0.717, 1.165) is 17.1 Å². The van der Waals surface area contributed by atoms with E-state index in [-0.39, 0.29) is 11.6 Å². The number of nitrogens with one attached hydrogen (secondary N) is 1. The summed E-state index contributed by atoms with van der Waals surface area (Å²) in [5.74, 6) is 0. The summed E-state index contributed by atoms with van der Waals surface area (Å²) in [4.78, 5) is 4.55. The molecule has 0 aliphatic heterocycles. The third kappa shape index (κ3) is 5.18. The lowest BCUT2D eigenvalue weighted by molar-refractivity contribution is 0.00344. The van der Waals surface area contributed by atoms with Gasteiger partial charge in [0.25, 0.3) is 0 Å². The quantitative estimate of drug-likeness (QED) is 0.771. The third-order valence-corrected chi connectivity index (χ3v) is 4.37. The van der Waals surface area contributed by atoms with E-state index >= 15 is 0 Å². The summed E-state index contributed by atoms with van der Waals surface area (Å²) in [6, 6.07) is 0. The van der Waals surface area contributed by atoms with Gasteiger partial charge in [0, 0.05) is 17.6 Å². The molecule has 2 unspecified atom stereocenters. The standard InChI is InChI=1S/C14H26N2O2S/c1-6-14(5,13-16-11(4)9-19-13)15-7-12(17)8-18-10(2)3/h9-10,12,15,17H,6-8H2,1-5H3. The van der Waals surface area contributed by atoms with Crippen molar-refractivity contribution in [3.8, 4) is 0 Å². The molecule has 1 aromatic heterocycles. The Balaban J connectivity index is 2.52. The molecule has 0 saturated carbocycles. The lowest BCUT2D eigenvalue weighted by Crippen LogP contribution is -2.44. The van der Waals surface area contributed by atoms with Crippen LogP contribution in [0.25, 0.3) is 0 Å². The Hall–Kier alpha value is -0.490. The van der Waals surface area contributed by atoms with Crippen LogP contribution in [0.3, 0.4) is 0 Å². The molecule has 2 atom stereocenters. The van der Waals surface area contributed by atoms with Crippen molar-refractivity contribution in [1.82, 2.24) is 10.3 Å². The van der Waals surface area contributed by atoms with Gasteiger partial charge in [0.2, 0.25) is 0 Å². The van der Waals surface area contributed by atoms with Gasteiger partial charge >= 0.3 is 0 Å². The van der Waals surface area contributed by atoms with E-state index in [9.17, 15) is 5.11 Å². The number of nitrogens with zero attached hydrogens (tertiary/aromatic N) is 1. The lowest BCUT2D eigenvalue weighted by atomic mass is 9.99. The zero-order valence-electron chi connectivity index (χ0n) is 12.6. The Morgan fingerprint density at radius 3 is 2.68 bits per heavy atom. The number of aryl methyl sites for hydroxylation is 1. The molecule has 0 aliphatic carbocycles. The average Bonchev–Trinajstić information content (AvgIpc) is 2.80. The summed E-state index contributed by atoms with van der Waals surface area (Å²) in [5, 5.41) is 16.5. The molecule has 1 aromatic rings. The molecule has 19 heavy (non-hydrogen) atoms. The van der Waals surface area contributed by atoms with Crippen molar-refractivity contribution >= 4 is 11.3 Å². The highest BCUT2D eigenvalue weighted by molar-refractivity contribution is 7.09. The fourth-order valence-electron chi connectivity index (χ4n) is 1.66. The van der Waals surface area contributed by atoms with Crippen molar-refractivity contribution in [3.05, 3.63) is 16.1 Å². The normalized spacial score (nSPS) is 16.6. The molecule has 0 bridgehead atoms. The Kier molecular flexibility index (Phi) is 6.39. The van der Waals surface area contributed by atoms with E-state index < -0.39 is 6.10 Å². The topological polar surface area (TPSA) is 54.4 Å². The molecular weight excluding hydrogens is 260 g/mol. The molecule has 4 nitrogen and oxygen atoms in total. The molecule has 1 rings (SSSR count). The van der Waals surface area contributed by atoms with Crippen LogP contribution in [-0.2, 0) is 10.3 Å². The molecule has 2 N–H and O–H groups in total. The van der Waals surface area contributed by atoms with Crippen LogP contribution in [0.2, 0.25) is 0 Å². The van der Waals surface area contributed by atoms with Crippen molar-refractivity contribution < 1.29 is 9.84 Å². The minimum Gasteiger partial charge on any atom is -0.389 e. The maximum atomic E-state index is 9.90. The number of rotatable bonds is 8. The summed E-state index contributed by atoms with van der Waals surface area (Å²) in [7, 11) is 0. The lowest BCUT2D eigenvalue weighted by Gasteiger charge is -2.29. The van der Waals surface area contributed by atoms with E-state index in [4.69, 9.17) is 4.74 Å². The highest BCUT2D eigenvalue weighted by Crippen LogP contribution is 2.27. The van der Waals surface area contributed by atoms with Crippen LogP contribution >= 0.6 is 11.3 Å². The third-order valence-electron chi connectivity index (χ3n) is 3.15. The summed E-state index contributed by atoms with van der Waals surface area (Å²) in [5.41, 5.74) is 0.864. The van der Waals surface area contributed by atoms with Crippen LogP contribution < -0.4 is 5.32 Å². The Morgan fingerprint density at radius 1 is 1.53 bits per heavy atom. The van der Waals surface area contributed by atoms with Crippen molar-refractivity contribution in [2.45, 2.75) is 58.8 Å². The van der Waals surface area contributed by atoms with Gasteiger partial charge in [-0.1, -0.05) is 6.92 Å². The smallest absolute Gasteiger partial charge is 0.113 e. The van der Waals surface area contributed by atoms with Crippen LogP contribution in [0.15, 0.2) is 5.38 Å². The minimum absolute atomic E-state index is 0.147. The van der Waals surface area contributed by atoms with Gasteiger partial charge in [-0.25, -0.2) is 4.98 Å². The van der Waals surface area contributed by atoms with E-state index in [1.54, 1.807) is 11.3 Å². The molecule has 0 aromatic carbocycles. The number of aromatic nitrogens is 1. The Labute approximate surface area is 120 Å². The Bertz CT molecular complexity index is 381. The highest BCUT2D eigenvalue weighted by atomic mass is 32.1. The number of aliphatic hydroxyl groups is 1. The first-order valence-corrected chi connectivity index (χ1v) is 7.72. The molecule has 5 heteroatoms. The van der Waals surface area contributed by atoms with E-state index in [0.29, 0.717) is 13.2 Å². The van der Waals surface area contributed by atoms with Crippen LogP contribution in [0.1, 0.15) is 44.8 Å². The van der Waals surface area contributed by atoms with Gasteiger partial charge in [-0.2, -0.15) is 0 Å². The van der Waals surface area contributed by atoms with Crippen LogP contribution in [-0.4, -0.2) is 35.5 Å². The minimum atomic E-state index is -0.491. The number of hydrogen-bond acceptors (Lipinski definition) is 5. The number of aliphatic hydroxyl groups excluding tert-OH is 1. The predicted octanol–water partition coefficient (Wildman–Crippen LogP) is 2.45. The second kappa shape index (κ2) is 7.33. The summed E-state index contributed by atoms with van der Waals surface area (Å²) < 4.78 is 5.41. The van der Waals surface area contributed by atoms with Gasteiger partial charge in [-0.15, -0.1) is 11.3 Å². The molecule has 0 fully saturated rings. The maximum Gasteiger partial charge on any atom is 0.113 e. The van der Waals surface area contributed by atoms with Crippen molar-refractivity contribution in [3.63, 3.8) is 0 Å². The van der Waals surface area contributed by atoms with Crippen molar-refractivity contribution in [2.24, 2.45) is 0 Å². The zero-order valence-corrected chi connectivity index (χ0v) is 13.4. The molecule has 0 aliphatic rings. The zero-order chi connectivity index (χ0) is 14.5. The van der Waals surface area contributed by atoms with Gasteiger partial charge in [0.05, 0.1) is 24.4 Å². The molecule has 1 heterocycles. The average molecular weight is 286 g/mol. The van der Waals surface area contributed by atoms with Gasteiger partial charge < -0.3 is 15.2 Å². The number of thiazole rings is 1. The van der Waals surface area contributed by atoms with Crippen LogP contribution in [0.5, 0.6) is 0 Å². The van der Waals surface area contributed by atoms with Crippen LogP contribution in [0, 0.1) is 6.92 Å². The van der Waals surface area contributed by atoms with Crippen molar-refractivity contribution in [1.29, 1.82) is 0 Å². The maximum absolute atomic E-state index is 9.90. The summed E-state index contributed by atoms with van der Waals surface area (Å²) in [6.07, 6.45) is 0.584. The summed E-state index contributed by atoms with van der Waals surface area (Å²) in [6.45, 7) is 11.1. The first-order valence-electron chi connectivity index (χ1n) is 6.84. The van der Waals surface area contributed by atoms with Crippen molar-refractivity contribution in [2.75, 3.05) is 13.2 Å². The van der Waals surface area contributed by atoms with Gasteiger partial charge in [0.15, 0.2) is 0 Å².